The zero-order valence-corrected chi connectivity index (χ0v) is 11.2. The van der Waals surface area contributed by atoms with Gasteiger partial charge in [0.15, 0.2) is 5.78 Å². The van der Waals surface area contributed by atoms with Crippen LogP contribution in [0, 0.1) is 30.6 Å². The van der Waals surface area contributed by atoms with Gasteiger partial charge in [0.05, 0.1) is 12.5 Å². The van der Waals surface area contributed by atoms with Crippen LogP contribution in [0.3, 0.4) is 0 Å². The SMILES string of the molecule is Cc1cc(CC#N)c(C(=O)C(C)(C)C)cc1C. The molecule has 0 amide bonds. The van der Waals surface area contributed by atoms with Gasteiger partial charge in [0.25, 0.3) is 0 Å². The lowest BCUT2D eigenvalue weighted by molar-refractivity contribution is 0.0857. The summed E-state index contributed by atoms with van der Waals surface area (Å²) in [7, 11) is 0. The van der Waals surface area contributed by atoms with E-state index in [2.05, 4.69) is 6.07 Å². The zero-order valence-electron chi connectivity index (χ0n) is 11.2. The van der Waals surface area contributed by atoms with E-state index in [1.54, 1.807) is 0 Å². The van der Waals surface area contributed by atoms with Crippen LogP contribution in [0.4, 0.5) is 0 Å². The Labute approximate surface area is 103 Å². The van der Waals surface area contributed by atoms with E-state index in [1.807, 2.05) is 46.8 Å². The van der Waals surface area contributed by atoms with Crippen molar-refractivity contribution in [3.63, 3.8) is 0 Å². The van der Waals surface area contributed by atoms with Gasteiger partial charge in [-0.05, 0) is 36.6 Å². The number of rotatable bonds is 2. The second kappa shape index (κ2) is 4.71. The second-order valence-corrected chi connectivity index (χ2v) is 5.51. The van der Waals surface area contributed by atoms with Crippen LogP contribution >= 0.6 is 0 Å². The number of hydrogen-bond donors (Lipinski definition) is 0. The molecule has 0 unspecified atom stereocenters. The standard InChI is InChI=1S/C15H19NO/c1-10-8-12(6-7-16)13(9-11(10)2)14(17)15(3,4)5/h8-9H,6H2,1-5H3. The van der Waals surface area contributed by atoms with E-state index in [1.165, 1.54) is 0 Å². The van der Waals surface area contributed by atoms with E-state index in [4.69, 9.17) is 5.26 Å². The molecule has 0 aliphatic carbocycles. The lowest BCUT2D eigenvalue weighted by atomic mass is 9.83. The molecule has 0 N–H and O–H groups in total. The van der Waals surface area contributed by atoms with Crippen molar-refractivity contribution in [1.29, 1.82) is 5.26 Å². The van der Waals surface area contributed by atoms with Gasteiger partial charge >= 0.3 is 0 Å². The Hall–Kier alpha value is -1.62. The van der Waals surface area contributed by atoms with E-state index in [9.17, 15) is 4.79 Å². The largest absolute Gasteiger partial charge is 0.294 e. The first-order valence-electron chi connectivity index (χ1n) is 5.79. The number of nitrogens with zero attached hydrogens (tertiary/aromatic N) is 1. The third-order valence-electron chi connectivity index (χ3n) is 2.91. The second-order valence-electron chi connectivity index (χ2n) is 5.51. The minimum atomic E-state index is -0.411. The fraction of sp³-hybridized carbons (Fsp3) is 0.467. The van der Waals surface area contributed by atoms with Crippen molar-refractivity contribution in [2.45, 2.75) is 41.0 Å². The van der Waals surface area contributed by atoms with Gasteiger partial charge in [-0.3, -0.25) is 4.79 Å². The summed E-state index contributed by atoms with van der Waals surface area (Å²) >= 11 is 0. The van der Waals surface area contributed by atoms with Crippen LogP contribution in [-0.4, -0.2) is 5.78 Å². The van der Waals surface area contributed by atoms with E-state index >= 15 is 0 Å². The van der Waals surface area contributed by atoms with Gasteiger partial charge in [-0.25, -0.2) is 0 Å². The highest BCUT2D eigenvalue weighted by Gasteiger charge is 2.25. The Morgan fingerprint density at radius 1 is 1.24 bits per heavy atom. The molecule has 1 rings (SSSR count). The fourth-order valence-corrected chi connectivity index (χ4v) is 1.72. The molecule has 0 atom stereocenters. The molecule has 0 aromatic heterocycles. The van der Waals surface area contributed by atoms with Crippen LogP contribution in [0.5, 0.6) is 0 Å². The molecule has 0 spiro atoms. The highest BCUT2D eigenvalue weighted by atomic mass is 16.1. The minimum Gasteiger partial charge on any atom is -0.294 e. The number of nitriles is 1. The Morgan fingerprint density at radius 3 is 2.24 bits per heavy atom. The maximum absolute atomic E-state index is 12.3. The summed E-state index contributed by atoms with van der Waals surface area (Å²) in [5.74, 6) is 0.103. The van der Waals surface area contributed by atoms with Crippen LogP contribution in [-0.2, 0) is 6.42 Å². The van der Waals surface area contributed by atoms with Crippen molar-refractivity contribution < 1.29 is 4.79 Å². The molecule has 0 saturated carbocycles. The van der Waals surface area contributed by atoms with Crippen LogP contribution in [0.1, 0.15) is 47.8 Å². The average Bonchev–Trinajstić information content (AvgIpc) is 2.21. The van der Waals surface area contributed by atoms with Crippen LogP contribution in [0.15, 0.2) is 12.1 Å². The quantitative estimate of drug-likeness (QED) is 0.727. The summed E-state index contributed by atoms with van der Waals surface area (Å²) in [5.41, 5.74) is 3.35. The van der Waals surface area contributed by atoms with Crippen molar-refractivity contribution in [3.8, 4) is 6.07 Å². The van der Waals surface area contributed by atoms with Crippen LogP contribution in [0.25, 0.3) is 0 Å². The Kier molecular flexibility index (Phi) is 3.72. The number of benzene rings is 1. The molecule has 1 aromatic carbocycles. The highest BCUT2D eigenvalue weighted by molar-refractivity contribution is 6.01. The molecule has 0 heterocycles. The third kappa shape index (κ3) is 2.94. The number of carbonyl (C=O) groups is 1. The van der Waals surface area contributed by atoms with E-state index < -0.39 is 5.41 Å². The maximum Gasteiger partial charge on any atom is 0.168 e. The predicted octanol–water partition coefficient (Wildman–Crippen LogP) is 3.60. The Bertz CT molecular complexity index is 487. The molecule has 0 bridgehead atoms. The fourth-order valence-electron chi connectivity index (χ4n) is 1.72. The predicted molar refractivity (Wildman–Crippen MR) is 69.0 cm³/mol. The Balaban J connectivity index is 3.37. The van der Waals surface area contributed by atoms with Crippen molar-refractivity contribution in [2.75, 3.05) is 0 Å². The monoisotopic (exact) mass is 229 g/mol. The molecule has 2 heteroatoms. The molecule has 17 heavy (non-hydrogen) atoms. The summed E-state index contributed by atoms with van der Waals surface area (Å²) in [4.78, 5) is 12.3. The summed E-state index contributed by atoms with van der Waals surface area (Å²) in [6.45, 7) is 9.70. The highest BCUT2D eigenvalue weighted by Crippen LogP contribution is 2.25. The van der Waals surface area contributed by atoms with Crippen molar-refractivity contribution in [2.24, 2.45) is 5.41 Å². The molecule has 0 fully saturated rings. The van der Waals surface area contributed by atoms with E-state index in [-0.39, 0.29) is 12.2 Å². The molecule has 0 aliphatic rings. The maximum atomic E-state index is 12.3. The molecular weight excluding hydrogens is 210 g/mol. The summed E-state index contributed by atoms with van der Waals surface area (Å²) in [5, 5.41) is 8.83. The van der Waals surface area contributed by atoms with Gasteiger partial charge in [0.2, 0.25) is 0 Å². The molecular formula is C15H19NO. The average molecular weight is 229 g/mol. The molecule has 2 nitrogen and oxygen atoms in total. The van der Waals surface area contributed by atoms with E-state index in [0.29, 0.717) is 5.56 Å². The van der Waals surface area contributed by atoms with Gasteiger partial charge in [-0.15, -0.1) is 0 Å². The number of aryl methyl sites for hydroxylation is 2. The lowest BCUT2D eigenvalue weighted by Crippen LogP contribution is -2.22. The van der Waals surface area contributed by atoms with Gasteiger partial charge in [-0.1, -0.05) is 26.8 Å². The first-order chi connectivity index (χ1) is 7.77. The smallest absolute Gasteiger partial charge is 0.168 e. The summed E-state index contributed by atoms with van der Waals surface area (Å²) < 4.78 is 0. The first kappa shape index (κ1) is 13.4. The minimum absolute atomic E-state index is 0.103. The molecule has 0 saturated heterocycles. The van der Waals surface area contributed by atoms with Crippen molar-refractivity contribution >= 4 is 5.78 Å². The van der Waals surface area contributed by atoms with Gasteiger partial charge < -0.3 is 0 Å². The first-order valence-corrected chi connectivity index (χ1v) is 5.79. The van der Waals surface area contributed by atoms with Crippen LogP contribution in [0.2, 0.25) is 0 Å². The van der Waals surface area contributed by atoms with E-state index in [0.717, 1.165) is 16.7 Å². The normalized spacial score (nSPS) is 11.1. The number of hydrogen-bond acceptors (Lipinski definition) is 2. The van der Waals surface area contributed by atoms with Gasteiger partial charge in [0, 0.05) is 11.0 Å². The summed E-state index contributed by atoms with van der Waals surface area (Å²) in [6, 6.07) is 5.99. The zero-order chi connectivity index (χ0) is 13.2. The number of Topliss-reactive ketones (excluding diaryl/α,β-unsaturated/α-hetero) is 1. The lowest BCUT2D eigenvalue weighted by Gasteiger charge is -2.19. The molecule has 0 radical (unpaired) electrons. The number of ketones is 1. The van der Waals surface area contributed by atoms with Crippen molar-refractivity contribution in [1.82, 2.24) is 0 Å². The van der Waals surface area contributed by atoms with Crippen molar-refractivity contribution in [3.05, 3.63) is 34.4 Å². The summed E-state index contributed by atoms with van der Waals surface area (Å²) in [6.07, 6.45) is 0.290. The molecule has 0 aliphatic heterocycles. The number of carbonyl (C=O) groups excluding carboxylic acids is 1. The molecule has 90 valence electrons. The topological polar surface area (TPSA) is 40.9 Å². The van der Waals surface area contributed by atoms with Gasteiger partial charge in [0.1, 0.15) is 0 Å². The van der Waals surface area contributed by atoms with Gasteiger partial charge in [-0.2, -0.15) is 5.26 Å². The van der Waals surface area contributed by atoms with Crippen LogP contribution < -0.4 is 0 Å². The third-order valence-corrected chi connectivity index (χ3v) is 2.91. The Morgan fingerprint density at radius 2 is 1.76 bits per heavy atom. The molecule has 1 aromatic rings.